The zero-order chi connectivity index (χ0) is 11.9. The lowest BCUT2D eigenvalue weighted by atomic mass is 10.0. The third-order valence-corrected chi connectivity index (χ3v) is 2.19. The average Bonchev–Trinajstić information content (AvgIpc) is 2.53. The number of ether oxygens (including phenoxy) is 1. The summed E-state index contributed by atoms with van der Waals surface area (Å²) in [6, 6.07) is 0. The molecule has 0 bridgehead atoms. The molecule has 1 aliphatic rings. The van der Waals surface area contributed by atoms with Gasteiger partial charge in [0.25, 0.3) is 0 Å². The van der Waals surface area contributed by atoms with Crippen LogP contribution in [-0.2, 0) is 4.74 Å². The van der Waals surface area contributed by atoms with E-state index in [2.05, 4.69) is 4.74 Å². The second-order valence-electron chi connectivity index (χ2n) is 3.29. The van der Waals surface area contributed by atoms with Gasteiger partial charge in [-0.15, -0.1) is 0 Å². The van der Waals surface area contributed by atoms with Gasteiger partial charge in [0.15, 0.2) is 0 Å². The van der Waals surface area contributed by atoms with Crippen molar-refractivity contribution in [1.82, 2.24) is 0 Å². The van der Waals surface area contributed by atoms with Gasteiger partial charge in [0.2, 0.25) is 0 Å². The third kappa shape index (κ3) is 1.93. The van der Waals surface area contributed by atoms with Crippen molar-refractivity contribution in [1.29, 1.82) is 0 Å². The van der Waals surface area contributed by atoms with E-state index in [1.807, 2.05) is 0 Å². The van der Waals surface area contributed by atoms with Crippen LogP contribution in [0, 0.1) is 0 Å². The summed E-state index contributed by atoms with van der Waals surface area (Å²) in [7, 11) is 0. The Labute approximate surface area is 81.5 Å². The normalized spacial score (nSPS) is 24.6. The van der Waals surface area contributed by atoms with Gasteiger partial charge in [0.05, 0.1) is 0 Å². The van der Waals surface area contributed by atoms with Crippen molar-refractivity contribution in [3.8, 4) is 0 Å². The molecule has 0 spiro atoms. The molecule has 1 aliphatic heterocycles. The van der Waals surface area contributed by atoms with Gasteiger partial charge >= 0.3 is 17.9 Å². The Hall–Kier alpha value is -0.470. The average molecular weight is 236 g/mol. The smallest absolute Gasteiger partial charge is 0.372 e. The number of aliphatic hydroxyl groups is 2. The highest BCUT2D eigenvalue weighted by Gasteiger charge is 2.72. The molecule has 3 nitrogen and oxygen atoms in total. The van der Waals surface area contributed by atoms with Gasteiger partial charge in [-0.25, -0.2) is 0 Å². The van der Waals surface area contributed by atoms with Crippen LogP contribution >= 0.6 is 0 Å². The van der Waals surface area contributed by atoms with Crippen molar-refractivity contribution in [2.24, 2.45) is 0 Å². The van der Waals surface area contributed by atoms with E-state index in [1.165, 1.54) is 0 Å². The highest BCUT2D eigenvalue weighted by Crippen LogP contribution is 2.44. The van der Waals surface area contributed by atoms with E-state index in [0.29, 0.717) is 0 Å². The maximum atomic E-state index is 13.1. The maximum Gasteiger partial charge on any atom is 0.449 e. The second-order valence-corrected chi connectivity index (χ2v) is 3.29. The van der Waals surface area contributed by atoms with Gasteiger partial charge in [0.1, 0.15) is 6.10 Å². The SMILES string of the molecule is OC(O)(C(F)(F)F)C(F)(F)C1CCCO1. The van der Waals surface area contributed by atoms with Gasteiger partial charge < -0.3 is 14.9 Å². The van der Waals surface area contributed by atoms with Crippen molar-refractivity contribution < 1.29 is 36.9 Å². The Balaban J connectivity index is 2.92. The fourth-order valence-corrected chi connectivity index (χ4v) is 1.28. The first-order chi connectivity index (χ1) is 6.61. The van der Waals surface area contributed by atoms with Crippen LogP contribution in [0.1, 0.15) is 12.8 Å². The van der Waals surface area contributed by atoms with Gasteiger partial charge in [-0.05, 0) is 12.8 Å². The highest BCUT2D eigenvalue weighted by atomic mass is 19.4. The predicted octanol–water partition coefficient (Wildman–Crippen LogP) is 1.04. The van der Waals surface area contributed by atoms with E-state index in [-0.39, 0.29) is 19.4 Å². The molecule has 90 valence electrons. The molecule has 0 saturated carbocycles. The van der Waals surface area contributed by atoms with Gasteiger partial charge in [-0.2, -0.15) is 22.0 Å². The maximum absolute atomic E-state index is 13.1. The fraction of sp³-hybridized carbons (Fsp3) is 1.00. The quantitative estimate of drug-likeness (QED) is 0.556. The van der Waals surface area contributed by atoms with Gasteiger partial charge in [-0.3, -0.25) is 0 Å². The molecular weight excluding hydrogens is 227 g/mol. The molecule has 0 radical (unpaired) electrons. The lowest BCUT2D eigenvalue weighted by Gasteiger charge is -2.35. The minimum absolute atomic E-state index is 0.117. The lowest BCUT2D eigenvalue weighted by Crippen LogP contribution is -2.63. The van der Waals surface area contributed by atoms with Crippen LogP contribution in [0.15, 0.2) is 0 Å². The minimum atomic E-state index is -5.83. The molecule has 1 saturated heterocycles. The second kappa shape index (κ2) is 3.53. The zero-order valence-electron chi connectivity index (χ0n) is 7.39. The van der Waals surface area contributed by atoms with E-state index in [1.54, 1.807) is 0 Å². The zero-order valence-corrected chi connectivity index (χ0v) is 7.39. The molecule has 0 aromatic heterocycles. The molecule has 15 heavy (non-hydrogen) atoms. The Morgan fingerprint density at radius 2 is 1.60 bits per heavy atom. The van der Waals surface area contributed by atoms with Crippen molar-refractivity contribution in [3.05, 3.63) is 0 Å². The molecule has 0 aromatic carbocycles. The fourth-order valence-electron chi connectivity index (χ4n) is 1.28. The molecule has 1 unspecified atom stereocenters. The number of alkyl halides is 5. The molecule has 0 aromatic rings. The summed E-state index contributed by atoms with van der Waals surface area (Å²) >= 11 is 0. The first-order valence-electron chi connectivity index (χ1n) is 4.11. The number of rotatable bonds is 2. The monoisotopic (exact) mass is 236 g/mol. The summed E-state index contributed by atoms with van der Waals surface area (Å²) in [6.45, 7) is -0.117. The minimum Gasteiger partial charge on any atom is -0.372 e. The van der Waals surface area contributed by atoms with Crippen LogP contribution in [0.3, 0.4) is 0 Å². The van der Waals surface area contributed by atoms with Gasteiger partial charge in [-0.1, -0.05) is 0 Å². The summed E-state index contributed by atoms with van der Waals surface area (Å²) in [6.07, 6.45) is -8.13. The molecule has 1 heterocycles. The topological polar surface area (TPSA) is 49.7 Å². The molecular formula is C7H9F5O3. The summed E-state index contributed by atoms with van der Waals surface area (Å²) in [5, 5.41) is 16.9. The highest BCUT2D eigenvalue weighted by molar-refractivity contribution is 4.96. The first kappa shape index (κ1) is 12.6. The standard InChI is InChI=1S/C7H9F5O3/c8-5(9,4-2-1-3-15-4)6(13,14)7(10,11)12/h4,13-14H,1-3H2. The summed E-state index contributed by atoms with van der Waals surface area (Å²) in [5.74, 6) is -9.84. The molecule has 0 amide bonds. The van der Waals surface area contributed by atoms with E-state index in [0.717, 1.165) is 0 Å². The van der Waals surface area contributed by atoms with Crippen LogP contribution in [-0.4, -0.2) is 40.8 Å². The summed E-state index contributed by atoms with van der Waals surface area (Å²) in [5.41, 5.74) is 0. The van der Waals surface area contributed by atoms with E-state index < -0.39 is 24.0 Å². The van der Waals surface area contributed by atoms with E-state index in [4.69, 9.17) is 10.2 Å². The number of hydrogen-bond acceptors (Lipinski definition) is 3. The van der Waals surface area contributed by atoms with Crippen molar-refractivity contribution >= 4 is 0 Å². The molecule has 8 heteroatoms. The Bertz CT molecular complexity index is 231. The molecule has 2 N–H and O–H groups in total. The van der Waals surface area contributed by atoms with Crippen LogP contribution in [0.5, 0.6) is 0 Å². The molecule has 1 rings (SSSR count). The largest absolute Gasteiger partial charge is 0.449 e. The van der Waals surface area contributed by atoms with Crippen LogP contribution in [0.2, 0.25) is 0 Å². The van der Waals surface area contributed by atoms with E-state index in [9.17, 15) is 22.0 Å². The van der Waals surface area contributed by atoms with Crippen LogP contribution < -0.4 is 0 Å². The molecule has 0 aliphatic carbocycles. The van der Waals surface area contributed by atoms with Crippen LogP contribution in [0.4, 0.5) is 22.0 Å². The van der Waals surface area contributed by atoms with Crippen LogP contribution in [0.25, 0.3) is 0 Å². The predicted molar refractivity (Wildman–Crippen MR) is 37.1 cm³/mol. The van der Waals surface area contributed by atoms with Crippen molar-refractivity contribution in [2.75, 3.05) is 6.61 Å². The number of hydrogen-bond donors (Lipinski definition) is 2. The van der Waals surface area contributed by atoms with E-state index >= 15 is 0 Å². The van der Waals surface area contributed by atoms with Crippen molar-refractivity contribution in [2.45, 2.75) is 36.8 Å². The summed E-state index contributed by atoms with van der Waals surface area (Å²) in [4.78, 5) is 0. The Morgan fingerprint density at radius 1 is 1.07 bits per heavy atom. The van der Waals surface area contributed by atoms with Gasteiger partial charge in [0, 0.05) is 6.61 Å². The summed E-state index contributed by atoms with van der Waals surface area (Å²) < 4.78 is 66.3. The lowest BCUT2D eigenvalue weighted by molar-refractivity contribution is -0.428. The Kier molecular flexibility index (Phi) is 2.97. The molecule has 1 atom stereocenters. The first-order valence-corrected chi connectivity index (χ1v) is 4.11. The number of halogens is 5. The third-order valence-electron chi connectivity index (χ3n) is 2.19. The molecule has 1 fully saturated rings. The Morgan fingerprint density at radius 3 is 1.93 bits per heavy atom. The van der Waals surface area contributed by atoms with Crippen molar-refractivity contribution in [3.63, 3.8) is 0 Å².